The summed E-state index contributed by atoms with van der Waals surface area (Å²) in [6.45, 7) is 9.44. The van der Waals surface area contributed by atoms with Crippen LogP contribution >= 0.6 is 0 Å². The molecular formula is C17H26N4O2. The van der Waals surface area contributed by atoms with Gasteiger partial charge in [-0.05, 0) is 31.4 Å². The predicted molar refractivity (Wildman–Crippen MR) is 88.4 cm³/mol. The smallest absolute Gasteiger partial charge is 0.323 e. The lowest BCUT2D eigenvalue weighted by molar-refractivity contribution is -0.000215. The second-order valence-corrected chi connectivity index (χ2v) is 7.81. The molecule has 1 spiro atoms. The highest BCUT2D eigenvalue weighted by Crippen LogP contribution is 2.38. The molecule has 23 heavy (non-hydrogen) atoms. The van der Waals surface area contributed by atoms with Gasteiger partial charge < -0.3 is 9.64 Å². The van der Waals surface area contributed by atoms with Crippen molar-refractivity contribution >= 4 is 11.8 Å². The maximum absolute atomic E-state index is 12.4. The van der Waals surface area contributed by atoms with Crippen LogP contribution in [0, 0.1) is 5.41 Å². The van der Waals surface area contributed by atoms with E-state index in [4.69, 9.17) is 4.74 Å². The number of carbonyl (C=O) groups is 1. The first-order valence-electron chi connectivity index (χ1n) is 8.36. The maximum atomic E-state index is 12.4. The molecule has 3 rings (SSSR count). The molecule has 1 aromatic rings. The Morgan fingerprint density at radius 3 is 2.74 bits per heavy atom. The van der Waals surface area contributed by atoms with Crippen molar-refractivity contribution in [1.82, 2.24) is 15.1 Å². The van der Waals surface area contributed by atoms with Gasteiger partial charge in [-0.15, -0.1) is 5.10 Å². The number of carbonyl (C=O) groups excluding carboxylic acids is 1. The van der Waals surface area contributed by atoms with Gasteiger partial charge in [0.1, 0.15) is 0 Å². The molecule has 0 saturated carbocycles. The van der Waals surface area contributed by atoms with Gasteiger partial charge in [-0.25, -0.2) is 4.79 Å². The second-order valence-electron chi connectivity index (χ2n) is 7.81. The number of hydrogen-bond donors (Lipinski definition) is 1. The molecule has 1 aromatic heterocycles. The molecule has 2 aliphatic rings. The van der Waals surface area contributed by atoms with Crippen molar-refractivity contribution < 1.29 is 9.53 Å². The van der Waals surface area contributed by atoms with Gasteiger partial charge in [0.25, 0.3) is 0 Å². The minimum Gasteiger partial charge on any atom is -0.381 e. The number of likely N-dealkylation sites (tertiary alicyclic amines) is 1. The lowest BCUT2D eigenvalue weighted by atomic mass is 9.82. The topological polar surface area (TPSA) is 67.4 Å². The van der Waals surface area contributed by atoms with Crippen LogP contribution in [0.1, 0.15) is 45.7 Å². The molecule has 126 valence electrons. The minimum absolute atomic E-state index is 0.0438. The van der Waals surface area contributed by atoms with Gasteiger partial charge >= 0.3 is 6.03 Å². The number of urea groups is 1. The monoisotopic (exact) mass is 318 g/mol. The fourth-order valence-electron chi connectivity index (χ4n) is 3.33. The normalized spacial score (nSPS) is 24.9. The van der Waals surface area contributed by atoms with Crippen LogP contribution in [-0.4, -0.2) is 47.4 Å². The molecule has 3 heterocycles. The first kappa shape index (κ1) is 16.2. The minimum atomic E-state index is -0.0924. The molecule has 1 N–H and O–H groups in total. The highest BCUT2D eigenvalue weighted by atomic mass is 16.5. The SMILES string of the molecule is CC(C)(C)c1ccc(NC(=O)N2CCC3(CCCOC3)C2)nn1. The van der Waals surface area contributed by atoms with E-state index in [1.54, 1.807) is 0 Å². The van der Waals surface area contributed by atoms with Crippen LogP contribution in [0.15, 0.2) is 12.1 Å². The molecule has 2 saturated heterocycles. The van der Waals surface area contributed by atoms with Crippen LogP contribution in [0.5, 0.6) is 0 Å². The Kier molecular flexibility index (Phi) is 4.27. The second kappa shape index (κ2) is 6.07. The first-order chi connectivity index (χ1) is 10.9. The summed E-state index contributed by atoms with van der Waals surface area (Å²) in [7, 11) is 0. The number of nitrogens with zero attached hydrogens (tertiary/aromatic N) is 3. The zero-order valence-corrected chi connectivity index (χ0v) is 14.3. The van der Waals surface area contributed by atoms with E-state index in [9.17, 15) is 4.79 Å². The van der Waals surface area contributed by atoms with Crippen molar-refractivity contribution in [3.05, 3.63) is 17.8 Å². The molecule has 0 aliphatic carbocycles. The van der Waals surface area contributed by atoms with Crippen LogP contribution in [0.25, 0.3) is 0 Å². The molecule has 6 heteroatoms. The third kappa shape index (κ3) is 3.63. The number of amides is 2. The van der Waals surface area contributed by atoms with Crippen LogP contribution in [0.3, 0.4) is 0 Å². The van der Waals surface area contributed by atoms with E-state index in [1.165, 1.54) is 0 Å². The van der Waals surface area contributed by atoms with E-state index in [1.807, 2.05) is 17.0 Å². The van der Waals surface area contributed by atoms with E-state index in [-0.39, 0.29) is 16.9 Å². The summed E-state index contributed by atoms with van der Waals surface area (Å²) in [4.78, 5) is 14.3. The largest absolute Gasteiger partial charge is 0.381 e. The quantitative estimate of drug-likeness (QED) is 0.864. The predicted octanol–water partition coefficient (Wildman–Crippen LogP) is 2.81. The summed E-state index contributed by atoms with van der Waals surface area (Å²) < 4.78 is 5.62. The van der Waals surface area contributed by atoms with E-state index in [2.05, 4.69) is 36.3 Å². The summed E-state index contributed by atoms with van der Waals surface area (Å²) in [6.07, 6.45) is 3.27. The van der Waals surface area contributed by atoms with Crippen molar-refractivity contribution in [3.8, 4) is 0 Å². The highest BCUT2D eigenvalue weighted by molar-refractivity contribution is 5.88. The Labute approximate surface area is 137 Å². The van der Waals surface area contributed by atoms with Gasteiger partial charge in [0.2, 0.25) is 0 Å². The van der Waals surface area contributed by atoms with Crippen molar-refractivity contribution in [2.24, 2.45) is 5.41 Å². The van der Waals surface area contributed by atoms with Gasteiger partial charge in [-0.1, -0.05) is 20.8 Å². The number of anilines is 1. The Bertz CT molecular complexity index is 559. The Hall–Kier alpha value is -1.69. The molecule has 1 atom stereocenters. The third-order valence-electron chi connectivity index (χ3n) is 4.80. The Morgan fingerprint density at radius 1 is 1.30 bits per heavy atom. The van der Waals surface area contributed by atoms with Crippen molar-refractivity contribution in [2.45, 2.75) is 45.4 Å². The van der Waals surface area contributed by atoms with Gasteiger partial charge in [0, 0.05) is 30.5 Å². The molecule has 0 aromatic carbocycles. The number of nitrogens with one attached hydrogen (secondary N) is 1. The summed E-state index contributed by atoms with van der Waals surface area (Å²) in [6, 6.07) is 3.65. The third-order valence-corrected chi connectivity index (χ3v) is 4.80. The fourth-order valence-corrected chi connectivity index (χ4v) is 3.33. The van der Waals surface area contributed by atoms with E-state index in [0.717, 1.165) is 51.3 Å². The summed E-state index contributed by atoms with van der Waals surface area (Å²) in [5.74, 6) is 0.504. The zero-order chi connectivity index (χ0) is 16.5. The summed E-state index contributed by atoms with van der Waals surface area (Å²) >= 11 is 0. The Balaban J connectivity index is 1.59. The lowest BCUT2D eigenvalue weighted by Gasteiger charge is -2.32. The number of ether oxygens (including phenoxy) is 1. The van der Waals surface area contributed by atoms with Crippen LogP contribution in [0.2, 0.25) is 0 Å². The summed E-state index contributed by atoms with van der Waals surface area (Å²) in [5.41, 5.74) is 1.03. The molecule has 0 bridgehead atoms. The van der Waals surface area contributed by atoms with Crippen molar-refractivity contribution in [3.63, 3.8) is 0 Å². The van der Waals surface area contributed by atoms with E-state index in [0.29, 0.717) is 5.82 Å². The lowest BCUT2D eigenvalue weighted by Crippen LogP contribution is -2.38. The van der Waals surface area contributed by atoms with Crippen molar-refractivity contribution in [1.29, 1.82) is 0 Å². The van der Waals surface area contributed by atoms with Gasteiger partial charge in [-0.2, -0.15) is 5.10 Å². The van der Waals surface area contributed by atoms with Crippen molar-refractivity contribution in [2.75, 3.05) is 31.6 Å². The number of hydrogen-bond acceptors (Lipinski definition) is 4. The molecule has 6 nitrogen and oxygen atoms in total. The van der Waals surface area contributed by atoms with E-state index < -0.39 is 0 Å². The molecular weight excluding hydrogens is 292 g/mol. The Morgan fingerprint density at radius 2 is 2.13 bits per heavy atom. The zero-order valence-electron chi connectivity index (χ0n) is 14.3. The standard InChI is InChI=1S/C17H26N4O2/c1-16(2,3)13-5-6-14(20-19-13)18-15(22)21-9-8-17(11-21)7-4-10-23-12-17/h5-6H,4,7-12H2,1-3H3,(H,18,20,22). The first-order valence-corrected chi connectivity index (χ1v) is 8.36. The fraction of sp³-hybridized carbons (Fsp3) is 0.706. The molecule has 2 fully saturated rings. The number of aromatic nitrogens is 2. The average molecular weight is 318 g/mol. The molecule has 2 amide bonds. The average Bonchev–Trinajstić information content (AvgIpc) is 2.91. The van der Waals surface area contributed by atoms with Gasteiger partial charge in [-0.3, -0.25) is 5.32 Å². The van der Waals surface area contributed by atoms with Crippen LogP contribution in [0.4, 0.5) is 10.6 Å². The highest BCUT2D eigenvalue weighted by Gasteiger charge is 2.41. The van der Waals surface area contributed by atoms with Gasteiger partial charge in [0.05, 0.1) is 12.3 Å². The molecule has 1 unspecified atom stereocenters. The van der Waals surface area contributed by atoms with Crippen LogP contribution < -0.4 is 5.32 Å². The number of rotatable bonds is 1. The van der Waals surface area contributed by atoms with Crippen LogP contribution in [-0.2, 0) is 10.2 Å². The molecule has 2 aliphatic heterocycles. The summed E-state index contributed by atoms with van der Waals surface area (Å²) in [5, 5.41) is 11.2. The van der Waals surface area contributed by atoms with E-state index >= 15 is 0 Å². The molecule has 0 radical (unpaired) electrons. The van der Waals surface area contributed by atoms with Gasteiger partial charge in [0.15, 0.2) is 5.82 Å². The maximum Gasteiger partial charge on any atom is 0.323 e.